The Labute approximate surface area is 106 Å². The van der Waals surface area contributed by atoms with E-state index in [1.54, 1.807) is 6.07 Å². The molecule has 1 aliphatic rings. The van der Waals surface area contributed by atoms with Crippen LogP contribution in [0.15, 0.2) is 18.2 Å². The molecule has 17 heavy (non-hydrogen) atoms. The van der Waals surface area contributed by atoms with Crippen molar-refractivity contribution in [3.05, 3.63) is 34.6 Å². The Morgan fingerprint density at radius 1 is 1.59 bits per heavy atom. The molecule has 2 atom stereocenters. The van der Waals surface area contributed by atoms with E-state index >= 15 is 0 Å². The molecule has 0 amide bonds. The molecule has 0 aromatic heterocycles. The number of nitrogens with one attached hydrogen (secondary N) is 1. The van der Waals surface area contributed by atoms with Crippen LogP contribution in [0.3, 0.4) is 0 Å². The molecule has 1 N–H and O–H groups in total. The van der Waals surface area contributed by atoms with Crippen LogP contribution in [0.5, 0.6) is 0 Å². The van der Waals surface area contributed by atoms with E-state index in [1.807, 2.05) is 0 Å². The topological polar surface area (TPSA) is 21.3 Å². The molecule has 1 aliphatic heterocycles. The summed E-state index contributed by atoms with van der Waals surface area (Å²) >= 11 is 6.01. The molecule has 2 rings (SSSR count). The van der Waals surface area contributed by atoms with Gasteiger partial charge in [0.1, 0.15) is 5.82 Å². The lowest BCUT2D eigenvalue weighted by atomic mass is 10.0. The zero-order valence-electron chi connectivity index (χ0n) is 9.88. The summed E-state index contributed by atoms with van der Waals surface area (Å²) in [4.78, 5) is 0. The first-order valence-electron chi connectivity index (χ1n) is 5.92. The highest BCUT2D eigenvalue weighted by atomic mass is 35.5. The maximum Gasteiger partial charge on any atom is 0.123 e. The van der Waals surface area contributed by atoms with Crippen molar-refractivity contribution in [1.29, 1.82) is 0 Å². The Morgan fingerprint density at radius 3 is 3.12 bits per heavy atom. The van der Waals surface area contributed by atoms with Crippen molar-refractivity contribution in [3.63, 3.8) is 0 Å². The first kappa shape index (κ1) is 12.8. The fraction of sp³-hybridized carbons (Fsp3) is 0.538. The van der Waals surface area contributed by atoms with E-state index in [0.29, 0.717) is 23.5 Å². The molecule has 94 valence electrons. The molecule has 0 saturated carbocycles. The Balaban J connectivity index is 1.90. The molecule has 4 heteroatoms. The van der Waals surface area contributed by atoms with Gasteiger partial charge in [-0.25, -0.2) is 4.39 Å². The van der Waals surface area contributed by atoms with Crippen molar-refractivity contribution in [2.75, 3.05) is 13.2 Å². The molecule has 1 heterocycles. The molecule has 0 radical (unpaired) electrons. The van der Waals surface area contributed by atoms with Gasteiger partial charge in [0.2, 0.25) is 0 Å². The predicted octanol–water partition coefficient (Wildman–Crippen LogP) is 2.99. The van der Waals surface area contributed by atoms with Gasteiger partial charge >= 0.3 is 0 Å². The van der Waals surface area contributed by atoms with Gasteiger partial charge in [-0.05, 0) is 43.0 Å². The van der Waals surface area contributed by atoms with E-state index in [-0.39, 0.29) is 5.82 Å². The highest BCUT2D eigenvalue weighted by Gasteiger charge is 2.21. The number of hydrogen-bond acceptors (Lipinski definition) is 2. The van der Waals surface area contributed by atoms with Crippen LogP contribution in [0, 0.1) is 11.7 Å². The maximum atomic E-state index is 13.1. The second-order valence-electron chi connectivity index (χ2n) is 4.53. The maximum absolute atomic E-state index is 13.1. The zero-order chi connectivity index (χ0) is 12.3. The minimum absolute atomic E-state index is 0.247. The van der Waals surface area contributed by atoms with Gasteiger partial charge in [-0.1, -0.05) is 11.6 Å². The first-order chi connectivity index (χ1) is 8.16. The van der Waals surface area contributed by atoms with Crippen LogP contribution in [0.1, 0.15) is 18.9 Å². The van der Waals surface area contributed by atoms with Gasteiger partial charge in [-0.3, -0.25) is 0 Å². The van der Waals surface area contributed by atoms with Gasteiger partial charge in [0.05, 0.1) is 6.61 Å². The highest BCUT2D eigenvalue weighted by Crippen LogP contribution is 2.19. The largest absolute Gasteiger partial charge is 0.381 e. The van der Waals surface area contributed by atoms with Gasteiger partial charge in [0.15, 0.2) is 0 Å². The summed E-state index contributed by atoms with van der Waals surface area (Å²) in [6.07, 6.45) is 1.09. The third-order valence-electron chi connectivity index (χ3n) is 3.29. The van der Waals surface area contributed by atoms with Gasteiger partial charge in [-0.2, -0.15) is 0 Å². The molecule has 1 aromatic carbocycles. The fourth-order valence-electron chi connectivity index (χ4n) is 2.06. The monoisotopic (exact) mass is 257 g/mol. The van der Waals surface area contributed by atoms with Crippen LogP contribution in [0.25, 0.3) is 0 Å². The standard InChI is InChI=1S/C13H17ClFNO/c1-9(10-4-5-17-8-10)16-7-11-6-12(15)2-3-13(11)14/h2-3,6,9-10,16H,4-5,7-8H2,1H3/t9-,10+/m1/s1. The molecule has 0 unspecified atom stereocenters. The third-order valence-corrected chi connectivity index (χ3v) is 3.66. The molecule has 2 nitrogen and oxygen atoms in total. The first-order valence-corrected chi connectivity index (χ1v) is 6.29. The normalized spacial score (nSPS) is 21.7. The number of halogens is 2. The van der Waals surface area contributed by atoms with Gasteiger partial charge < -0.3 is 10.1 Å². The molecule has 0 bridgehead atoms. The molecular weight excluding hydrogens is 241 g/mol. The van der Waals surface area contributed by atoms with E-state index in [9.17, 15) is 4.39 Å². The lowest BCUT2D eigenvalue weighted by Gasteiger charge is -2.19. The van der Waals surface area contributed by atoms with Crippen molar-refractivity contribution < 1.29 is 9.13 Å². The second kappa shape index (κ2) is 5.80. The van der Waals surface area contributed by atoms with Crippen LogP contribution in [0.2, 0.25) is 5.02 Å². The quantitative estimate of drug-likeness (QED) is 0.895. The summed E-state index contributed by atoms with van der Waals surface area (Å²) in [7, 11) is 0. The molecular formula is C13H17ClFNO. The zero-order valence-corrected chi connectivity index (χ0v) is 10.6. The van der Waals surface area contributed by atoms with Crippen molar-refractivity contribution in [2.45, 2.75) is 25.9 Å². The van der Waals surface area contributed by atoms with Crippen molar-refractivity contribution in [2.24, 2.45) is 5.92 Å². The minimum Gasteiger partial charge on any atom is -0.381 e. The number of ether oxygens (including phenoxy) is 1. The molecule has 0 aliphatic carbocycles. The summed E-state index contributed by atoms with van der Waals surface area (Å²) < 4.78 is 18.4. The van der Waals surface area contributed by atoms with Crippen LogP contribution >= 0.6 is 11.6 Å². The summed E-state index contributed by atoms with van der Waals surface area (Å²) in [6.45, 7) is 4.38. The molecule has 1 saturated heterocycles. The Morgan fingerprint density at radius 2 is 2.41 bits per heavy atom. The van der Waals surface area contributed by atoms with E-state index in [0.717, 1.165) is 25.2 Å². The highest BCUT2D eigenvalue weighted by molar-refractivity contribution is 6.31. The van der Waals surface area contributed by atoms with Crippen molar-refractivity contribution >= 4 is 11.6 Å². The van der Waals surface area contributed by atoms with E-state index < -0.39 is 0 Å². The summed E-state index contributed by atoms with van der Waals surface area (Å²) in [5.41, 5.74) is 0.803. The van der Waals surface area contributed by atoms with Crippen LogP contribution in [-0.2, 0) is 11.3 Å². The summed E-state index contributed by atoms with van der Waals surface area (Å²) in [5, 5.41) is 3.98. The van der Waals surface area contributed by atoms with E-state index in [1.165, 1.54) is 12.1 Å². The Hall–Kier alpha value is -0.640. The number of rotatable bonds is 4. The fourth-order valence-corrected chi connectivity index (χ4v) is 2.25. The number of hydrogen-bond donors (Lipinski definition) is 1. The Kier molecular flexibility index (Phi) is 4.37. The van der Waals surface area contributed by atoms with Crippen LogP contribution < -0.4 is 5.32 Å². The van der Waals surface area contributed by atoms with Crippen LogP contribution in [-0.4, -0.2) is 19.3 Å². The van der Waals surface area contributed by atoms with Crippen LogP contribution in [0.4, 0.5) is 4.39 Å². The predicted molar refractivity (Wildman–Crippen MR) is 66.6 cm³/mol. The minimum atomic E-state index is -0.247. The average molecular weight is 258 g/mol. The van der Waals surface area contributed by atoms with E-state index in [4.69, 9.17) is 16.3 Å². The summed E-state index contributed by atoms with van der Waals surface area (Å²) in [6, 6.07) is 4.81. The SMILES string of the molecule is C[C@@H](NCc1cc(F)ccc1Cl)[C@H]1CCOC1. The lowest BCUT2D eigenvalue weighted by Crippen LogP contribution is -2.33. The van der Waals surface area contributed by atoms with Gasteiger partial charge in [0.25, 0.3) is 0 Å². The lowest BCUT2D eigenvalue weighted by molar-refractivity contribution is 0.178. The van der Waals surface area contributed by atoms with Crippen molar-refractivity contribution in [1.82, 2.24) is 5.32 Å². The molecule has 1 aromatic rings. The molecule has 1 fully saturated rings. The molecule has 0 spiro atoms. The van der Waals surface area contributed by atoms with E-state index in [2.05, 4.69) is 12.2 Å². The Bertz CT molecular complexity index is 380. The third kappa shape index (κ3) is 3.41. The number of benzene rings is 1. The van der Waals surface area contributed by atoms with Gasteiger partial charge in [0, 0.05) is 24.2 Å². The smallest absolute Gasteiger partial charge is 0.123 e. The summed E-state index contributed by atoms with van der Waals surface area (Å²) in [5.74, 6) is 0.297. The second-order valence-corrected chi connectivity index (χ2v) is 4.94. The van der Waals surface area contributed by atoms with Gasteiger partial charge in [-0.15, -0.1) is 0 Å². The van der Waals surface area contributed by atoms with Crippen molar-refractivity contribution in [3.8, 4) is 0 Å². The average Bonchev–Trinajstić information content (AvgIpc) is 2.83.